The van der Waals surface area contributed by atoms with Crippen LogP contribution in [0.25, 0.3) is 0 Å². The Morgan fingerprint density at radius 2 is 2.22 bits per heavy atom. The van der Waals surface area contributed by atoms with Gasteiger partial charge in [-0.3, -0.25) is 0 Å². The molecular formula is C12H16BrNO4. The van der Waals surface area contributed by atoms with Gasteiger partial charge in [0.1, 0.15) is 0 Å². The Balaban J connectivity index is 3.11. The van der Waals surface area contributed by atoms with Crippen molar-refractivity contribution in [1.29, 1.82) is 0 Å². The van der Waals surface area contributed by atoms with E-state index < -0.39 is 12.1 Å². The third kappa shape index (κ3) is 3.61. The number of nitrogens with two attached hydrogens (primary N) is 1. The summed E-state index contributed by atoms with van der Waals surface area (Å²) in [5.74, 6) is -0.170. The summed E-state index contributed by atoms with van der Waals surface area (Å²) in [5, 5.41) is 8.85. The summed E-state index contributed by atoms with van der Waals surface area (Å²) in [6.45, 7) is 4.13. The minimum atomic E-state index is -1.03. The van der Waals surface area contributed by atoms with E-state index in [1.165, 1.54) is 6.92 Å². The molecule has 0 aliphatic rings. The van der Waals surface area contributed by atoms with E-state index in [1.807, 2.05) is 6.92 Å². The molecule has 0 saturated heterocycles. The van der Waals surface area contributed by atoms with Gasteiger partial charge in [0.2, 0.25) is 0 Å². The Bertz CT molecular complexity index is 436. The molecule has 0 radical (unpaired) electrons. The number of aliphatic carboxylic acids is 1. The lowest BCUT2D eigenvalue weighted by atomic mass is 10.2. The number of halogens is 1. The van der Waals surface area contributed by atoms with Gasteiger partial charge in [-0.25, -0.2) is 4.79 Å². The number of ether oxygens (including phenoxy) is 2. The maximum absolute atomic E-state index is 10.8. The topological polar surface area (TPSA) is 81.8 Å². The van der Waals surface area contributed by atoms with Crippen LogP contribution in [0.3, 0.4) is 0 Å². The second-order valence-corrected chi connectivity index (χ2v) is 4.49. The third-order valence-corrected chi connectivity index (χ3v) is 2.84. The molecule has 0 amide bonds. The van der Waals surface area contributed by atoms with E-state index in [1.54, 1.807) is 12.1 Å². The molecule has 0 bridgehead atoms. The first kappa shape index (κ1) is 14.8. The molecular weight excluding hydrogens is 302 g/mol. The fourth-order valence-corrected chi connectivity index (χ4v) is 1.93. The summed E-state index contributed by atoms with van der Waals surface area (Å²) < 4.78 is 11.4. The smallest absolute Gasteiger partial charge is 0.344 e. The van der Waals surface area contributed by atoms with Crippen LogP contribution in [0.2, 0.25) is 0 Å². The van der Waals surface area contributed by atoms with Crippen molar-refractivity contribution in [1.82, 2.24) is 0 Å². The maximum Gasteiger partial charge on any atom is 0.344 e. The van der Waals surface area contributed by atoms with E-state index in [-0.39, 0.29) is 0 Å². The SMILES string of the molecule is CCOc1cc(CN)cc(Br)c1OC(C)C(=O)O. The van der Waals surface area contributed by atoms with E-state index in [0.29, 0.717) is 29.1 Å². The molecule has 0 aliphatic heterocycles. The summed E-state index contributed by atoms with van der Waals surface area (Å²) in [5.41, 5.74) is 6.45. The summed E-state index contributed by atoms with van der Waals surface area (Å²) in [6.07, 6.45) is -0.954. The number of hydrogen-bond donors (Lipinski definition) is 2. The molecule has 5 nitrogen and oxygen atoms in total. The van der Waals surface area contributed by atoms with Crippen LogP contribution < -0.4 is 15.2 Å². The monoisotopic (exact) mass is 317 g/mol. The van der Waals surface area contributed by atoms with Gasteiger partial charge in [0.15, 0.2) is 17.6 Å². The predicted octanol–water partition coefficient (Wildman–Crippen LogP) is 2.16. The highest BCUT2D eigenvalue weighted by atomic mass is 79.9. The van der Waals surface area contributed by atoms with Gasteiger partial charge in [0.25, 0.3) is 0 Å². The molecule has 0 fully saturated rings. The van der Waals surface area contributed by atoms with Crippen molar-refractivity contribution in [2.75, 3.05) is 6.61 Å². The van der Waals surface area contributed by atoms with Crippen molar-refractivity contribution in [3.8, 4) is 11.5 Å². The molecule has 1 aromatic rings. The average molecular weight is 318 g/mol. The average Bonchev–Trinajstić information content (AvgIpc) is 2.32. The van der Waals surface area contributed by atoms with Crippen molar-refractivity contribution >= 4 is 21.9 Å². The van der Waals surface area contributed by atoms with Crippen LogP contribution in [0.1, 0.15) is 19.4 Å². The first-order chi connectivity index (χ1) is 8.49. The zero-order chi connectivity index (χ0) is 13.7. The molecule has 0 aromatic heterocycles. The van der Waals surface area contributed by atoms with Gasteiger partial charge in [-0.2, -0.15) is 0 Å². The van der Waals surface area contributed by atoms with E-state index in [2.05, 4.69) is 15.9 Å². The number of benzene rings is 1. The van der Waals surface area contributed by atoms with Crippen molar-refractivity contribution in [3.63, 3.8) is 0 Å². The maximum atomic E-state index is 10.8. The van der Waals surface area contributed by atoms with Crippen LogP contribution in [0, 0.1) is 0 Å². The van der Waals surface area contributed by atoms with Crippen molar-refractivity contribution in [3.05, 3.63) is 22.2 Å². The molecule has 1 unspecified atom stereocenters. The van der Waals surface area contributed by atoms with Crippen molar-refractivity contribution in [2.45, 2.75) is 26.5 Å². The first-order valence-electron chi connectivity index (χ1n) is 5.54. The Morgan fingerprint density at radius 3 is 2.72 bits per heavy atom. The van der Waals surface area contributed by atoms with Gasteiger partial charge < -0.3 is 20.3 Å². The number of carbonyl (C=O) groups is 1. The van der Waals surface area contributed by atoms with Gasteiger partial charge in [0.05, 0.1) is 11.1 Å². The van der Waals surface area contributed by atoms with Crippen LogP contribution in [-0.2, 0) is 11.3 Å². The summed E-state index contributed by atoms with van der Waals surface area (Å²) in [7, 11) is 0. The molecule has 0 saturated carbocycles. The number of carboxylic acid groups (broad SMARTS) is 1. The zero-order valence-electron chi connectivity index (χ0n) is 10.3. The molecule has 6 heteroatoms. The number of hydrogen-bond acceptors (Lipinski definition) is 4. The van der Waals surface area contributed by atoms with Gasteiger partial charge in [0, 0.05) is 6.54 Å². The highest BCUT2D eigenvalue weighted by molar-refractivity contribution is 9.10. The number of carboxylic acids is 1. The fraction of sp³-hybridized carbons (Fsp3) is 0.417. The molecule has 3 N–H and O–H groups in total. The highest BCUT2D eigenvalue weighted by Crippen LogP contribution is 2.37. The van der Waals surface area contributed by atoms with E-state index in [0.717, 1.165) is 5.56 Å². The normalized spacial score (nSPS) is 12.0. The Kier molecular flexibility index (Phi) is 5.43. The highest BCUT2D eigenvalue weighted by Gasteiger charge is 2.18. The fourth-order valence-electron chi connectivity index (χ4n) is 1.34. The minimum Gasteiger partial charge on any atom is -0.490 e. The zero-order valence-corrected chi connectivity index (χ0v) is 11.9. The van der Waals surface area contributed by atoms with Crippen molar-refractivity contribution in [2.24, 2.45) is 5.73 Å². The van der Waals surface area contributed by atoms with Crippen LogP contribution in [0.15, 0.2) is 16.6 Å². The van der Waals surface area contributed by atoms with E-state index in [9.17, 15) is 4.79 Å². The Labute approximate surface area is 114 Å². The lowest BCUT2D eigenvalue weighted by Crippen LogP contribution is -2.23. The van der Waals surface area contributed by atoms with Gasteiger partial charge >= 0.3 is 5.97 Å². The van der Waals surface area contributed by atoms with Crippen molar-refractivity contribution < 1.29 is 19.4 Å². The van der Waals surface area contributed by atoms with Crippen LogP contribution in [0.5, 0.6) is 11.5 Å². The lowest BCUT2D eigenvalue weighted by molar-refractivity contribution is -0.144. The molecule has 1 rings (SSSR count). The largest absolute Gasteiger partial charge is 0.490 e. The Morgan fingerprint density at radius 1 is 1.56 bits per heavy atom. The first-order valence-corrected chi connectivity index (χ1v) is 6.33. The second kappa shape index (κ2) is 6.61. The molecule has 18 heavy (non-hydrogen) atoms. The predicted molar refractivity (Wildman–Crippen MR) is 70.9 cm³/mol. The summed E-state index contributed by atoms with van der Waals surface area (Å²) >= 11 is 3.33. The van der Waals surface area contributed by atoms with Crippen LogP contribution in [-0.4, -0.2) is 23.8 Å². The minimum absolute atomic E-state index is 0.368. The molecule has 0 spiro atoms. The molecule has 0 aliphatic carbocycles. The quantitative estimate of drug-likeness (QED) is 0.840. The standard InChI is InChI=1S/C12H16BrNO4/c1-3-17-10-5-8(6-14)4-9(13)11(10)18-7(2)12(15)16/h4-5,7H,3,6,14H2,1-2H3,(H,15,16). The van der Waals surface area contributed by atoms with E-state index >= 15 is 0 Å². The third-order valence-electron chi connectivity index (χ3n) is 2.25. The van der Waals surface area contributed by atoms with E-state index in [4.69, 9.17) is 20.3 Å². The van der Waals surface area contributed by atoms with Gasteiger partial charge in [-0.15, -0.1) is 0 Å². The number of rotatable bonds is 6. The van der Waals surface area contributed by atoms with Crippen LogP contribution >= 0.6 is 15.9 Å². The van der Waals surface area contributed by atoms with Crippen LogP contribution in [0.4, 0.5) is 0 Å². The van der Waals surface area contributed by atoms with Gasteiger partial charge in [-0.05, 0) is 47.5 Å². The molecule has 1 atom stereocenters. The molecule has 100 valence electrons. The lowest BCUT2D eigenvalue weighted by Gasteiger charge is -2.17. The molecule has 0 heterocycles. The van der Waals surface area contributed by atoms with Gasteiger partial charge in [-0.1, -0.05) is 0 Å². The Hall–Kier alpha value is -1.27. The summed E-state index contributed by atoms with van der Waals surface area (Å²) in [6, 6.07) is 3.53. The summed E-state index contributed by atoms with van der Waals surface area (Å²) in [4.78, 5) is 10.8. The molecule has 1 aromatic carbocycles. The second-order valence-electron chi connectivity index (χ2n) is 3.64.